The van der Waals surface area contributed by atoms with Crippen LogP contribution in [0.1, 0.15) is 24.1 Å². The quantitative estimate of drug-likeness (QED) is 0.923. The minimum absolute atomic E-state index is 0.103. The molecule has 0 aromatic carbocycles. The van der Waals surface area contributed by atoms with Crippen LogP contribution in [0, 0.1) is 0 Å². The lowest BCUT2D eigenvalue weighted by atomic mass is 9.89. The number of rotatable bonds is 3. The second-order valence-corrected chi connectivity index (χ2v) is 7.02. The van der Waals surface area contributed by atoms with E-state index in [9.17, 15) is 0 Å². The van der Waals surface area contributed by atoms with Crippen LogP contribution in [0.2, 0.25) is 0 Å². The Morgan fingerprint density at radius 2 is 2.33 bits per heavy atom. The first-order chi connectivity index (χ1) is 8.76. The molecule has 1 N–H and O–H groups in total. The molecule has 3 nitrogen and oxygen atoms in total. The van der Waals surface area contributed by atoms with Crippen LogP contribution in [-0.2, 0) is 16.1 Å². The molecule has 18 heavy (non-hydrogen) atoms. The van der Waals surface area contributed by atoms with Gasteiger partial charge in [0.1, 0.15) is 0 Å². The highest BCUT2D eigenvalue weighted by Crippen LogP contribution is 2.35. The van der Waals surface area contributed by atoms with Crippen LogP contribution in [0.5, 0.6) is 0 Å². The molecule has 1 spiro atoms. The van der Waals surface area contributed by atoms with Gasteiger partial charge >= 0.3 is 0 Å². The molecule has 1 unspecified atom stereocenters. The van der Waals surface area contributed by atoms with E-state index < -0.39 is 0 Å². The van der Waals surface area contributed by atoms with Gasteiger partial charge in [-0.1, -0.05) is 0 Å². The van der Waals surface area contributed by atoms with Crippen LogP contribution in [0.25, 0.3) is 0 Å². The van der Waals surface area contributed by atoms with Gasteiger partial charge in [-0.15, -0.1) is 11.3 Å². The van der Waals surface area contributed by atoms with Crippen molar-refractivity contribution in [2.45, 2.75) is 37.6 Å². The number of halogens is 1. The fourth-order valence-electron chi connectivity index (χ4n) is 2.77. The minimum Gasteiger partial charge on any atom is -0.372 e. The summed E-state index contributed by atoms with van der Waals surface area (Å²) in [5.41, 5.74) is 0.103. The van der Waals surface area contributed by atoms with Crippen LogP contribution >= 0.6 is 27.3 Å². The van der Waals surface area contributed by atoms with Crippen molar-refractivity contribution in [1.82, 2.24) is 5.32 Å². The Balaban J connectivity index is 1.50. The van der Waals surface area contributed by atoms with Gasteiger partial charge < -0.3 is 14.8 Å². The van der Waals surface area contributed by atoms with Crippen LogP contribution in [0.3, 0.4) is 0 Å². The molecule has 3 rings (SSSR count). The van der Waals surface area contributed by atoms with Crippen LogP contribution in [-0.4, -0.2) is 31.4 Å². The van der Waals surface area contributed by atoms with Gasteiger partial charge in [0.15, 0.2) is 0 Å². The third-order valence-electron chi connectivity index (χ3n) is 3.77. The number of ether oxygens (including phenoxy) is 2. The van der Waals surface area contributed by atoms with Gasteiger partial charge in [0.05, 0.1) is 24.9 Å². The van der Waals surface area contributed by atoms with E-state index in [0.29, 0.717) is 6.61 Å². The molecule has 1 atom stereocenters. The summed E-state index contributed by atoms with van der Waals surface area (Å²) in [7, 11) is 0. The number of hydrogen-bond acceptors (Lipinski definition) is 4. The van der Waals surface area contributed by atoms with E-state index >= 15 is 0 Å². The average Bonchev–Trinajstić information content (AvgIpc) is 2.96. The average molecular weight is 332 g/mol. The maximum Gasteiger partial charge on any atom is 0.0841 e. The van der Waals surface area contributed by atoms with Crippen molar-refractivity contribution in [3.05, 3.63) is 20.8 Å². The molecule has 2 aliphatic rings. The number of piperidine rings is 1. The van der Waals surface area contributed by atoms with Gasteiger partial charge in [0, 0.05) is 21.2 Å². The molecule has 5 heteroatoms. The Morgan fingerprint density at radius 1 is 1.50 bits per heavy atom. The lowest BCUT2D eigenvalue weighted by Crippen LogP contribution is -2.41. The van der Waals surface area contributed by atoms with Gasteiger partial charge in [0.2, 0.25) is 0 Å². The van der Waals surface area contributed by atoms with Crippen molar-refractivity contribution >= 4 is 27.3 Å². The fourth-order valence-corrected chi connectivity index (χ4v) is 4.14. The van der Waals surface area contributed by atoms with E-state index in [1.165, 1.54) is 4.88 Å². The molecule has 2 fully saturated rings. The summed E-state index contributed by atoms with van der Waals surface area (Å²) in [6, 6.07) is 2.13. The molecular formula is C13H18BrNO2S. The highest BCUT2D eigenvalue weighted by molar-refractivity contribution is 9.10. The lowest BCUT2D eigenvalue weighted by molar-refractivity contribution is -0.0240. The van der Waals surface area contributed by atoms with E-state index in [-0.39, 0.29) is 11.7 Å². The predicted molar refractivity (Wildman–Crippen MR) is 76.0 cm³/mol. The fraction of sp³-hybridized carbons (Fsp3) is 0.692. The third kappa shape index (κ3) is 2.96. The standard InChI is InChI=1S/C13H18BrNO2S/c14-10-5-12(18-9-10)8-16-11-6-13(17-7-11)1-3-15-4-2-13/h5,9,11,15H,1-4,6-8H2. The molecule has 3 heterocycles. The summed E-state index contributed by atoms with van der Waals surface area (Å²) in [4.78, 5) is 1.27. The molecule has 0 aliphatic carbocycles. The number of nitrogens with one attached hydrogen (secondary N) is 1. The predicted octanol–water partition coefficient (Wildman–Crippen LogP) is 2.94. The van der Waals surface area contributed by atoms with Crippen molar-refractivity contribution in [1.29, 1.82) is 0 Å². The van der Waals surface area contributed by atoms with Crippen LogP contribution < -0.4 is 5.32 Å². The Morgan fingerprint density at radius 3 is 3.06 bits per heavy atom. The maximum absolute atomic E-state index is 6.02. The largest absolute Gasteiger partial charge is 0.372 e. The van der Waals surface area contributed by atoms with Crippen molar-refractivity contribution in [3.63, 3.8) is 0 Å². The van der Waals surface area contributed by atoms with Gasteiger partial charge in [0.25, 0.3) is 0 Å². The first-order valence-corrected chi connectivity index (χ1v) is 8.12. The minimum atomic E-state index is 0.103. The summed E-state index contributed by atoms with van der Waals surface area (Å²) in [5.74, 6) is 0. The number of hydrogen-bond donors (Lipinski definition) is 1. The van der Waals surface area contributed by atoms with E-state index in [2.05, 4.69) is 32.7 Å². The van der Waals surface area contributed by atoms with Crippen molar-refractivity contribution in [2.24, 2.45) is 0 Å². The molecule has 2 aliphatic heterocycles. The molecule has 0 radical (unpaired) electrons. The van der Waals surface area contributed by atoms with E-state index in [4.69, 9.17) is 9.47 Å². The molecule has 0 bridgehead atoms. The summed E-state index contributed by atoms with van der Waals surface area (Å²) in [5, 5.41) is 5.48. The van der Waals surface area contributed by atoms with Crippen LogP contribution in [0.4, 0.5) is 0 Å². The lowest BCUT2D eigenvalue weighted by Gasteiger charge is -2.32. The Bertz CT molecular complexity index is 403. The molecule has 0 saturated carbocycles. The summed E-state index contributed by atoms with van der Waals surface area (Å²) in [6.45, 7) is 3.61. The molecule has 1 aromatic heterocycles. The van der Waals surface area contributed by atoms with Crippen molar-refractivity contribution in [3.8, 4) is 0 Å². The topological polar surface area (TPSA) is 30.5 Å². The van der Waals surface area contributed by atoms with E-state index in [1.54, 1.807) is 11.3 Å². The van der Waals surface area contributed by atoms with Crippen LogP contribution in [0.15, 0.2) is 15.9 Å². The Kier molecular flexibility index (Phi) is 4.06. The number of thiophene rings is 1. The highest BCUT2D eigenvalue weighted by Gasteiger charge is 2.41. The first-order valence-electron chi connectivity index (χ1n) is 6.45. The van der Waals surface area contributed by atoms with Gasteiger partial charge in [-0.2, -0.15) is 0 Å². The Labute approximate surface area is 120 Å². The van der Waals surface area contributed by atoms with E-state index in [1.807, 2.05) is 0 Å². The zero-order chi connectivity index (χ0) is 12.4. The van der Waals surface area contributed by atoms with Gasteiger partial charge in [-0.05, 0) is 47.9 Å². The summed E-state index contributed by atoms with van der Waals surface area (Å²) >= 11 is 5.20. The second kappa shape index (κ2) is 5.59. The molecule has 100 valence electrons. The highest BCUT2D eigenvalue weighted by atomic mass is 79.9. The molecule has 1 aromatic rings. The SMILES string of the molecule is Brc1csc(COC2COC3(CCNCC3)C2)c1. The Hall–Kier alpha value is 0.0600. The first kappa shape index (κ1) is 13.1. The van der Waals surface area contributed by atoms with Crippen molar-refractivity contribution in [2.75, 3.05) is 19.7 Å². The van der Waals surface area contributed by atoms with Gasteiger partial charge in [-0.25, -0.2) is 0 Å². The van der Waals surface area contributed by atoms with Gasteiger partial charge in [-0.3, -0.25) is 0 Å². The normalized spacial score (nSPS) is 26.8. The van der Waals surface area contributed by atoms with Crippen molar-refractivity contribution < 1.29 is 9.47 Å². The maximum atomic E-state index is 6.02. The zero-order valence-corrected chi connectivity index (χ0v) is 12.7. The smallest absolute Gasteiger partial charge is 0.0841 e. The zero-order valence-electron chi connectivity index (χ0n) is 10.3. The van der Waals surface area contributed by atoms with E-state index in [0.717, 1.165) is 43.4 Å². The molecular weight excluding hydrogens is 314 g/mol. The molecule has 2 saturated heterocycles. The summed E-state index contributed by atoms with van der Waals surface area (Å²) in [6.07, 6.45) is 3.57. The third-order valence-corrected chi connectivity index (χ3v) is 5.44. The summed E-state index contributed by atoms with van der Waals surface area (Å²) < 4.78 is 13.1. The monoisotopic (exact) mass is 331 g/mol. The second-order valence-electron chi connectivity index (χ2n) is 5.11. The molecule has 0 amide bonds.